The van der Waals surface area contributed by atoms with E-state index in [0.717, 1.165) is 11.1 Å². The molecule has 3 heteroatoms. The van der Waals surface area contributed by atoms with E-state index in [9.17, 15) is 4.39 Å². The molecule has 0 aliphatic carbocycles. The van der Waals surface area contributed by atoms with Crippen LogP contribution in [0.1, 0.15) is 5.56 Å². The predicted molar refractivity (Wildman–Crippen MR) is 68.1 cm³/mol. The Morgan fingerprint density at radius 2 is 1.71 bits per heavy atom. The van der Waals surface area contributed by atoms with E-state index in [1.54, 1.807) is 12.1 Å². The highest BCUT2D eigenvalue weighted by Crippen LogP contribution is 2.34. The van der Waals surface area contributed by atoms with Crippen molar-refractivity contribution < 1.29 is 9.13 Å². The topological polar surface area (TPSA) is 9.23 Å². The third-order valence-corrected chi connectivity index (χ3v) is 2.98. The van der Waals surface area contributed by atoms with Gasteiger partial charge in [0.15, 0.2) is 5.82 Å². The molecule has 0 saturated carbocycles. The molecule has 0 spiro atoms. The smallest absolute Gasteiger partial charge is 0.153 e. The van der Waals surface area contributed by atoms with Gasteiger partial charge in [-0.25, -0.2) is 4.39 Å². The van der Waals surface area contributed by atoms with Gasteiger partial charge >= 0.3 is 0 Å². The summed E-state index contributed by atoms with van der Waals surface area (Å²) in [5.74, 6) is -0.102. The second-order valence-electron chi connectivity index (χ2n) is 3.81. The molecule has 2 aromatic rings. The molecule has 0 bridgehead atoms. The standard InChI is InChI=1S/C14H12ClFO/c1-9-3-5-10(6-4-9)11-7-8-12(17-2)13(15)14(11)16/h3-8H,1-2H3. The van der Waals surface area contributed by atoms with Crippen molar-refractivity contribution in [2.24, 2.45) is 0 Å². The molecule has 0 heterocycles. The molecule has 2 rings (SSSR count). The van der Waals surface area contributed by atoms with E-state index in [1.165, 1.54) is 7.11 Å². The molecule has 17 heavy (non-hydrogen) atoms. The van der Waals surface area contributed by atoms with Crippen LogP contribution in [-0.2, 0) is 0 Å². The summed E-state index contributed by atoms with van der Waals surface area (Å²) in [7, 11) is 1.46. The maximum absolute atomic E-state index is 14.0. The van der Waals surface area contributed by atoms with Gasteiger partial charge in [-0.15, -0.1) is 0 Å². The van der Waals surface area contributed by atoms with Crippen LogP contribution >= 0.6 is 11.6 Å². The molecule has 0 aliphatic heterocycles. The Kier molecular flexibility index (Phi) is 3.34. The van der Waals surface area contributed by atoms with E-state index in [1.807, 2.05) is 31.2 Å². The number of aryl methyl sites for hydroxylation is 1. The number of methoxy groups -OCH3 is 1. The zero-order valence-corrected chi connectivity index (χ0v) is 10.4. The Balaban J connectivity index is 2.53. The monoisotopic (exact) mass is 250 g/mol. The largest absolute Gasteiger partial charge is 0.495 e. The second-order valence-corrected chi connectivity index (χ2v) is 4.19. The third-order valence-electron chi connectivity index (χ3n) is 2.63. The lowest BCUT2D eigenvalue weighted by molar-refractivity contribution is 0.412. The van der Waals surface area contributed by atoms with Gasteiger partial charge in [-0.05, 0) is 24.6 Å². The van der Waals surface area contributed by atoms with Crippen molar-refractivity contribution in [3.05, 3.63) is 52.8 Å². The summed E-state index contributed by atoms with van der Waals surface area (Å²) in [6.45, 7) is 1.99. The minimum Gasteiger partial charge on any atom is -0.495 e. The zero-order chi connectivity index (χ0) is 12.4. The maximum atomic E-state index is 14.0. The summed E-state index contributed by atoms with van der Waals surface area (Å²) in [6.07, 6.45) is 0. The molecule has 0 aromatic heterocycles. The molecule has 88 valence electrons. The number of hydrogen-bond acceptors (Lipinski definition) is 1. The van der Waals surface area contributed by atoms with Crippen molar-refractivity contribution in [2.45, 2.75) is 6.92 Å². The highest BCUT2D eigenvalue weighted by Gasteiger charge is 2.13. The summed E-state index contributed by atoms with van der Waals surface area (Å²) >= 11 is 5.88. The van der Waals surface area contributed by atoms with Gasteiger partial charge in [0.2, 0.25) is 0 Å². The van der Waals surface area contributed by atoms with Crippen molar-refractivity contribution in [3.63, 3.8) is 0 Å². The van der Waals surface area contributed by atoms with Gasteiger partial charge in [0.1, 0.15) is 10.8 Å². The minimum atomic E-state index is -0.449. The Morgan fingerprint density at radius 1 is 1.06 bits per heavy atom. The SMILES string of the molecule is COc1ccc(-c2ccc(C)cc2)c(F)c1Cl. The van der Waals surface area contributed by atoms with Gasteiger partial charge in [0.05, 0.1) is 7.11 Å². The van der Waals surface area contributed by atoms with Crippen LogP contribution in [0.2, 0.25) is 5.02 Å². The normalized spacial score (nSPS) is 10.4. The van der Waals surface area contributed by atoms with Gasteiger partial charge in [0.25, 0.3) is 0 Å². The average molecular weight is 251 g/mol. The van der Waals surface area contributed by atoms with Crippen molar-refractivity contribution in [3.8, 4) is 16.9 Å². The summed E-state index contributed by atoms with van der Waals surface area (Å²) in [5.41, 5.74) is 2.42. The fourth-order valence-electron chi connectivity index (χ4n) is 1.65. The molecule has 0 aliphatic rings. The average Bonchev–Trinajstić information content (AvgIpc) is 2.34. The molecular weight excluding hydrogens is 239 g/mol. The van der Waals surface area contributed by atoms with Crippen LogP contribution in [0, 0.1) is 12.7 Å². The quantitative estimate of drug-likeness (QED) is 0.765. The lowest BCUT2D eigenvalue weighted by atomic mass is 10.0. The summed E-state index contributed by atoms with van der Waals surface area (Å²) < 4.78 is 19.0. The number of ether oxygens (including phenoxy) is 1. The number of benzene rings is 2. The lowest BCUT2D eigenvalue weighted by Gasteiger charge is -2.08. The molecule has 0 N–H and O–H groups in total. The molecule has 0 unspecified atom stereocenters. The number of hydrogen-bond donors (Lipinski definition) is 0. The van der Waals surface area contributed by atoms with E-state index < -0.39 is 5.82 Å². The Labute approximate surface area is 105 Å². The van der Waals surface area contributed by atoms with E-state index in [2.05, 4.69) is 0 Å². The molecule has 1 nitrogen and oxygen atoms in total. The van der Waals surface area contributed by atoms with Crippen LogP contribution in [0.15, 0.2) is 36.4 Å². The second kappa shape index (κ2) is 4.76. The van der Waals surface area contributed by atoms with Gasteiger partial charge in [-0.2, -0.15) is 0 Å². The number of halogens is 2. The van der Waals surface area contributed by atoms with Crippen LogP contribution in [0.25, 0.3) is 11.1 Å². The molecule has 2 aromatic carbocycles. The van der Waals surface area contributed by atoms with Crippen LogP contribution in [0.4, 0.5) is 4.39 Å². The van der Waals surface area contributed by atoms with E-state index in [-0.39, 0.29) is 5.02 Å². The van der Waals surface area contributed by atoms with Crippen molar-refractivity contribution in [1.29, 1.82) is 0 Å². The van der Waals surface area contributed by atoms with Crippen molar-refractivity contribution in [2.75, 3.05) is 7.11 Å². The Hall–Kier alpha value is -1.54. The highest BCUT2D eigenvalue weighted by atomic mass is 35.5. The molecular formula is C14H12ClFO. The van der Waals surface area contributed by atoms with Gasteiger partial charge < -0.3 is 4.74 Å². The first-order chi connectivity index (χ1) is 8.13. The van der Waals surface area contributed by atoms with Crippen LogP contribution < -0.4 is 4.74 Å². The molecule has 0 amide bonds. The number of rotatable bonds is 2. The summed E-state index contributed by atoms with van der Waals surface area (Å²) in [5, 5.41) is 0.0191. The van der Waals surface area contributed by atoms with Crippen LogP contribution in [0.3, 0.4) is 0 Å². The predicted octanol–water partition coefficient (Wildman–Crippen LogP) is 4.46. The first-order valence-corrected chi connectivity index (χ1v) is 5.60. The maximum Gasteiger partial charge on any atom is 0.153 e. The third kappa shape index (κ3) is 2.27. The summed E-state index contributed by atoms with van der Waals surface area (Å²) in [6, 6.07) is 11.0. The molecule has 0 radical (unpaired) electrons. The van der Waals surface area contributed by atoms with E-state index in [0.29, 0.717) is 11.3 Å². The van der Waals surface area contributed by atoms with E-state index >= 15 is 0 Å². The van der Waals surface area contributed by atoms with Gasteiger partial charge in [-0.1, -0.05) is 41.4 Å². The fourth-order valence-corrected chi connectivity index (χ4v) is 1.89. The molecule has 0 atom stereocenters. The zero-order valence-electron chi connectivity index (χ0n) is 9.63. The summed E-state index contributed by atoms with van der Waals surface area (Å²) in [4.78, 5) is 0. The lowest BCUT2D eigenvalue weighted by Crippen LogP contribution is -1.91. The van der Waals surface area contributed by atoms with Crippen molar-refractivity contribution in [1.82, 2.24) is 0 Å². The van der Waals surface area contributed by atoms with Gasteiger partial charge in [0, 0.05) is 5.56 Å². The van der Waals surface area contributed by atoms with Crippen LogP contribution in [-0.4, -0.2) is 7.11 Å². The van der Waals surface area contributed by atoms with E-state index in [4.69, 9.17) is 16.3 Å². The molecule has 0 fully saturated rings. The first-order valence-electron chi connectivity index (χ1n) is 5.22. The Morgan fingerprint density at radius 3 is 2.29 bits per heavy atom. The minimum absolute atomic E-state index is 0.0191. The highest BCUT2D eigenvalue weighted by molar-refractivity contribution is 6.32. The first kappa shape index (κ1) is 11.9. The Bertz CT molecular complexity index is 535. The van der Waals surface area contributed by atoms with Crippen LogP contribution in [0.5, 0.6) is 5.75 Å². The van der Waals surface area contributed by atoms with Crippen molar-refractivity contribution >= 4 is 11.6 Å². The fraction of sp³-hybridized carbons (Fsp3) is 0.143. The van der Waals surface area contributed by atoms with Gasteiger partial charge in [-0.3, -0.25) is 0 Å². The molecule has 0 saturated heterocycles.